The predicted octanol–water partition coefficient (Wildman–Crippen LogP) is 2.17. The number of piperidine rings is 1. The third-order valence-corrected chi connectivity index (χ3v) is 4.90. The highest BCUT2D eigenvalue weighted by molar-refractivity contribution is 5.14. The molecule has 1 atom stereocenters. The van der Waals surface area contributed by atoms with Crippen LogP contribution in [-0.4, -0.2) is 40.4 Å². The molecule has 1 unspecified atom stereocenters. The lowest BCUT2D eigenvalue weighted by Crippen LogP contribution is -2.39. The molecule has 2 aromatic rings. The van der Waals surface area contributed by atoms with Crippen LogP contribution < -0.4 is 5.32 Å². The molecular weight excluding hydrogens is 300 g/mol. The topological polar surface area (TPSA) is 42.3 Å². The summed E-state index contributed by atoms with van der Waals surface area (Å²) in [6.07, 6.45) is 2.69. The number of nitrogens with one attached hydrogen (secondary N) is 1. The minimum absolute atomic E-state index is 0.331. The van der Waals surface area contributed by atoms with Gasteiger partial charge in [-0.2, -0.15) is 5.10 Å². The molecule has 1 aromatic heterocycles. The molecule has 1 fully saturated rings. The highest BCUT2D eigenvalue weighted by Gasteiger charge is 2.22. The van der Waals surface area contributed by atoms with Gasteiger partial charge in [0.1, 0.15) is 0 Å². The van der Waals surface area contributed by atoms with E-state index >= 15 is 0 Å². The number of rotatable bonds is 5. The molecular formula is C19H26N4O. The summed E-state index contributed by atoms with van der Waals surface area (Å²) in [7, 11) is 0. The summed E-state index contributed by atoms with van der Waals surface area (Å²) < 4.78 is 8.29. The van der Waals surface area contributed by atoms with Crippen molar-refractivity contribution in [3.8, 4) is 0 Å². The van der Waals surface area contributed by atoms with Gasteiger partial charge in [0.25, 0.3) is 0 Å². The molecule has 2 aliphatic rings. The van der Waals surface area contributed by atoms with E-state index in [0.717, 1.165) is 45.7 Å². The van der Waals surface area contributed by atoms with Gasteiger partial charge in [-0.05, 0) is 31.0 Å². The van der Waals surface area contributed by atoms with E-state index in [2.05, 4.69) is 45.2 Å². The van der Waals surface area contributed by atoms with Gasteiger partial charge in [-0.1, -0.05) is 30.3 Å². The Morgan fingerprint density at radius 2 is 2.12 bits per heavy atom. The number of benzene rings is 1. The molecule has 2 aliphatic heterocycles. The molecule has 0 saturated carbocycles. The lowest BCUT2D eigenvalue weighted by molar-refractivity contribution is -0.0123. The molecule has 0 spiro atoms. The number of likely N-dealkylation sites (tertiary alicyclic amines) is 1. The van der Waals surface area contributed by atoms with Crippen LogP contribution in [0.1, 0.15) is 29.8 Å². The van der Waals surface area contributed by atoms with Crippen LogP contribution >= 0.6 is 0 Å². The lowest BCUT2D eigenvalue weighted by Gasteiger charge is -2.32. The molecule has 5 nitrogen and oxygen atoms in total. The standard InChI is InChI=1S/C19H26N4O/c1-2-5-16(6-3-1)15-24-19-7-4-9-22(14-19)13-17-11-18-12-20-8-10-23(18)21-17/h1-3,5-6,11,19-20H,4,7-10,12-15H2. The van der Waals surface area contributed by atoms with Gasteiger partial charge in [-0.15, -0.1) is 0 Å². The number of fused-ring (bicyclic) bond motifs is 1. The molecule has 5 heteroatoms. The second-order valence-corrected chi connectivity index (χ2v) is 6.82. The van der Waals surface area contributed by atoms with Gasteiger partial charge in [0.2, 0.25) is 0 Å². The number of nitrogens with zero attached hydrogens (tertiary/aromatic N) is 3. The van der Waals surface area contributed by atoms with Crippen LogP contribution in [0.2, 0.25) is 0 Å². The summed E-state index contributed by atoms with van der Waals surface area (Å²) in [6, 6.07) is 12.7. The lowest BCUT2D eigenvalue weighted by atomic mass is 10.1. The fraction of sp³-hybridized carbons (Fsp3) is 0.526. The zero-order valence-electron chi connectivity index (χ0n) is 14.2. The van der Waals surface area contributed by atoms with Gasteiger partial charge in [-0.25, -0.2) is 0 Å². The summed E-state index contributed by atoms with van der Waals surface area (Å²) in [5.41, 5.74) is 3.76. The average Bonchev–Trinajstić information content (AvgIpc) is 3.03. The predicted molar refractivity (Wildman–Crippen MR) is 93.5 cm³/mol. The van der Waals surface area contributed by atoms with Gasteiger partial charge in [-0.3, -0.25) is 9.58 Å². The number of hydrogen-bond acceptors (Lipinski definition) is 4. The van der Waals surface area contributed by atoms with Crippen LogP contribution in [0.3, 0.4) is 0 Å². The number of aromatic nitrogens is 2. The van der Waals surface area contributed by atoms with Crippen LogP contribution in [-0.2, 0) is 31.0 Å². The van der Waals surface area contributed by atoms with Crippen molar-refractivity contribution in [3.63, 3.8) is 0 Å². The van der Waals surface area contributed by atoms with E-state index in [1.807, 2.05) is 6.07 Å². The Labute approximate surface area is 143 Å². The smallest absolute Gasteiger partial charge is 0.0768 e. The first-order valence-electron chi connectivity index (χ1n) is 9.01. The van der Waals surface area contributed by atoms with Crippen LogP contribution in [0.4, 0.5) is 0 Å². The first-order valence-corrected chi connectivity index (χ1v) is 9.01. The minimum atomic E-state index is 0.331. The maximum Gasteiger partial charge on any atom is 0.0768 e. The Morgan fingerprint density at radius 1 is 1.21 bits per heavy atom. The molecule has 3 heterocycles. The van der Waals surface area contributed by atoms with Crippen LogP contribution in [0, 0.1) is 0 Å². The van der Waals surface area contributed by atoms with Crippen molar-refractivity contribution in [2.24, 2.45) is 0 Å². The second-order valence-electron chi connectivity index (χ2n) is 6.82. The minimum Gasteiger partial charge on any atom is -0.372 e. The number of hydrogen-bond donors (Lipinski definition) is 1. The maximum absolute atomic E-state index is 6.14. The first-order chi connectivity index (χ1) is 11.9. The van der Waals surface area contributed by atoms with E-state index in [4.69, 9.17) is 9.84 Å². The SMILES string of the molecule is c1ccc(COC2CCCN(Cc3cc4n(n3)CCNC4)C2)cc1. The van der Waals surface area contributed by atoms with Crippen molar-refractivity contribution < 1.29 is 4.74 Å². The molecule has 4 rings (SSSR count). The van der Waals surface area contributed by atoms with E-state index in [0.29, 0.717) is 12.7 Å². The van der Waals surface area contributed by atoms with Crippen LogP contribution in [0.5, 0.6) is 0 Å². The normalized spacial score (nSPS) is 21.6. The molecule has 1 saturated heterocycles. The maximum atomic E-state index is 6.14. The molecule has 0 bridgehead atoms. The Morgan fingerprint density at radius 3 is 3.00 bits per heavy atom. The Bertz CT molecular complexity index is 631. The molecule has 128 valence electrons. The van der Waals surface area contributed by atoms with Crippen molar-refractivity contribution in [3.05, 3.63) is 53.3 Å². The summed E-state index contributed by atoms with van der Waals surface area (Å²) >= 11 is 0. The van der Waals surface area contributed by atoms with Gasteiger partial charge >= 0.3 is 0 Å². The quantitative estimate of drug-likeness (QED) is 0.914. The summed E-state index contributed by atoms with van der Waals surface area (Å²) in [5.74, 6) is 0. The zero-order chi connectivity index (χ0) is 16.2. The van der Waals surface area contributed by atoms with E-state index in [1.54, 1.807) is 0 Å². The summed E-state index contributed by atoms with van der Waals surface area (Å²) in [4.78, 5) is 2.49. The Balaban J connectivity index is 1.30. The van der Waals surface area contributed by atoms with E-state index in [9.17, 15) is 0 Å². The van der Waals surface area contributed by atoms with E-state index in [-0.39, 0.29) is 0 Å². The molecule has 1 N–H and O–H groups in total. The highest BCUT2D eigenvalue weighted by Crippen LogP contribution is 2.18. The number of ether oxygens (including phenoxy) is 1. The fourth-order valence-corrected chi connectivity index (χ4v) is 3.64. The van der Waals surface area contributed by atoms with Gasteiger partial charge in [0.15, 0.2) is 0 Å². The Hall–Kier alpha value is -1.69. The van der Waals surface area contributed by atoms with Gasteiger partial charge in [0, 0.05) is 26.2 Å². The Kier molecular flexibility index (Phi) is 4.92. The van der Waals surface area contributed by atoms with Crippen molar-refractivity contribution in [1.82, 2.24) is 20.0 Å². The van der Waals surface area contributed by atoms with Crippen LogP contribution in [0.15, 0.2) is 36.4 Å². The van der Waals surface area contributed by atoms with Crippen molar-refractivity contribution >= 4 is 0 Å². The monoisotopic (exact) mass is 326 g/mol. The first kappa shape index (κ1) is 15.8. The van der Waals surface area contributed by atoms with Crippen molar-refractivity contribution in [2.45, 2.75) is 45.2 Å². The molecule has 24 heavy (non-hydrogen) atoms. The molecule has 1 aromatic carbocycles. The van der Waals surface area contributed by atoms with E-state index in [1.165, 1.54) is 23.4 Å². The van der Waals surface area contributed by atoms with Crippen LogP contribution in [0.25, 0.3) is 0 Å². The van der Waals surface area contributed by atoms with Crippen molar-refractivity contribution in [1.29, 1.82) is 0 Å². The molecule has 0 amide bonds. The second kappa shape index (κ2) is 7.47. The summed E-state index contributed by atoms with van der Waals surface area (Å²) in [6.45, 7) is 6.75. The summed E-state index contributed by atoms with van der Waals surface area (Å²) in [5, 5.41) is 8.16. The fourth-order valence-electron chi connectivity index (χ4n) is 3.64. The average molecular weight is 326 g/mol. The van der Waals surface area contributed by atoms with Gasteiger partial charge < -0.3 is 10.1 Å². The van der Waals surface area contributed by atoms with Crippen molar-refractivity contribution in [2.75, 3.05) is 19.6 Å². The molecule has 0 aliphatic carbocycles. The highest BCUT2D eigenvalue weighted by atomic mass is 16.5. The largest absolute Gasteiger partial charge is 0.372 e. The third-order valence-electron chi connectivity index (χ3n) is 4.90. The molecule has 0 radical (unpaired) electrons. The zero-order valence-corrected chi connectivity index (χ0v) is 14.2. The van der Waals surface area contributed by atoms with Gasteiger partial charge in [0.05, 0.1) is 30.6 Å². The third kappa shape index (κ3) is 3.86. The van der Waals surface area contributed by atoms with E-state index < -0.39 is 0 Å².